The lowest BCUT2D eigenvalue weighted by Crippen LogP contribution is -2.11. The van der Waals surface area contributed by atoms with Gasteiger partial charge in [0, 0.05) is 14.2 Å². The zero-order valence-electron chi connectivity index (χ0n) is 10.3. The highest BCUT2D eigenvalue weighted by Gasteiger charge is 2.21. The lowest BCUT2D eigenvalue weighted by molar-refractivity contribution is 0.0997. The van der Waals surface area contributed by atoms with E-state index in [-0.39, 0.29) is 6.10 Å². The fraction of sp³-hybridized carbons (Fsp3) is 0.692. The van der Waals surface area contributed by atoms with Crippen molar-refractivity contribution in [2.45, 2.75) is 52.6 Å². The lowest BCUT2D eigenvalue weighted by Gasteiger charge is -2.20. The van der Waals surface area contributed by atoms with E-state index in [0.717, 1.165) is 35.0 Å². The van der Waals surface area contributed by atoms with Gasteiger partial charge in [-0.15, -0.1) is 11.3 Å². The molecule has 1 aromatic heterocycles. The zero-order valence-corrected chi connectivity index (χ0v) is 12.7. The van der Waals surface area contributed by atoms with Crippen molar-refractivity contribution in [3.8, 4) is 0 Å². The Morgan fingerprint density at radius 2 is 1.88 bits per heavy atom. The van der Waals surface area contributed by atoms with E-state index in [1.54, 1.807) is 11.3 Å². The molecule has 1 N–H and O–H groups in total. The highest BCUT2D eigenvalue weighted by Crippen LogP contribution is 2.36. The summed E-state index contributed by atoms with van der Waals surface area (Å²) >= 11 is 5.22. The van der Waals surface area contributed by atoms with Crippen molar-refractivity contribution in [2.75, 3.05) is 0 Å². The van der Waals surface area contributed by atoms with E-state index in [2.05, 4.69) is 42.8 Å². The van der Waals surface area contributed by atoms with Gasteiger partial charge in [0.1, 0.15) is 0 Å². The van der Waals surface area contributed by atoms with Crippen molar-refractivity contribution < 1.29 is 5.11 Å². The van der Waals surface area contributed by atoms with Gasteiger partial charge in [-0.05, 0) is 47.7 Å². The van der Waals surface area contributed by atoms with Gasteiger partial charge in [0.2, 0.25) is 0 Å². The van der Waals surface area contributed by atoms with Gasteiger partial charge in [-0.2, -0.15) is 0 Å². The molecule has 0 radical (unpaired) electrons. The van der Waals surface area contributed by atoms with Gasteiger partial charge in [0.05, 0.1) is 6.10 Å². The van der Waals surface area contributed by atoms with Crippen molar-refractivity contribution >= 4 is 27.3 Å². The Balaban J connectivity index is 2.76. The SMILES string of the molecule is CCCC(CCC)C(O)c1cc(Br)c(C)s1. The van der Waals surface area contributed by atoms with Crippen LogP contribution in [-0.4, -0.2) is 5.11 Å². The molecule has 1 aromatic rings. The molecule has 1 nitrogen and oxygen atoms in total. The minimum absolute atomic E-state index is 0.283. The molecule has 0 aromatic carbocycles. The molecule has 92 valence electrons. The summed E-state index contributed by atoms with van der Waals surface area (Å²) in [6.45, 7) is 6.45. The topological polar surface area (TPSA) is 20.2 Å². The Morgan fingerprint density at radius 1 is 1.31 bits per heavy atom. The summed E-state index contributed by atoms with van der Waals surface area (Å²) in [5.41, 5.74) is 0. The Hall–Kier alpha value is 0.140. The highest BCUT2D eigenvalue weighted by atomic mass is 79.9. The monoisotopic (exact) mass is 304 g/mol. The second-order valence-corrected chi connectivity index (χ2v) is 6.48. The molecule has 1 atom stereocenters. The van der Waals surface area contributed by atoms with Crippen molar-refractivity contribution in [3.63, 3.8) is 0 Å². The van der Waals surface area contributed by atoms with Gasteiger partial charge in [0.15, 0.2) is 0 Å². The number of rotatable bonds is 6. The number of thiophene rings is 1. The van der Waals surface area contributed by atoms with Gasteiger partial charge < -0.3 is 5.11 Å². The van der Waals surface area contributed by atoms with Crippen LogP contribution in [0.1, 0.15) is 55.4 Å². The van der Waals surface area contributed by atoms with E-state index < -0.39 is 0 Å². The van der Waals surface area contributed by atoms with E-state index in [1.165, 1.54) is 4.88 Å². The second-order valence-electron chi connectivity index (χ2n) is 4.34. The first-order chi connectivity index (χ1) is 7.60. The first kappa shape index (κ1) is 14.2. The number of hydrogen-bond acceptors (Lipinski definition) is 2. The molecule has 3 heteroatoms. The van der Waals surface area contributed by atoms with Crippen LogP contribution in [0, 0.1) is 12.8 Å². The number of aliphatic hydroxyl groups is 1. The molecular formula is C13H21BrOS. The van der Waals surface area contributed by atoms with Crippen LogP contribution in [0.2, 0.25) is 0 Å². The molecule has 0 saturated carbocycles. The minimum Gasteiger partial charge on any atom is -0.387 e. The van der Waals surface area contributed by atoms with Crippen LogP contribution in [0.15, 0.2) is 10.5 Å². The predicted octanol–water partition coefficient (Wildman–Crippen LogP) is 5.07. The Bertz CT molecular complexity index is 296. The summed E-state index contributed by atoms with van der Waals surface area (Å²) < 4.78 is 1.12. The Morgan fingerprint density at radius 3 is 2.25 bits per heavy atom. The molecule has 1 unspecified atom stereocenters. The molecule has 0 amide bonds. The highest BCUT2D eigenvalue weighted by molar-refractivity contribution is 9.10. The number of hydrogen-bond donors (Lipinski definition) is 1. The summed E-state index contributed by atoms with van der Waals surface area (Å²) in [6, 6.07) is 2.07. The maximum atomic E-state index is 10.4. The standard InChI is InChI=1S/C13H21BrOS/c1-4-6-10(7-5-2)13(15)12-8-11(14)9(3)16-12/h8,10,13,15H,4-7H2,1-3H3. The molecule has 0 fully saturated rings. The van der Waals surface area contributed by atoms with Crippen molar-refractivity contribution in [2.24, 2.45) is 5.92 Å². The molecule has 0 aliphatic heterocycles. The smallest absolute Gasteiger partial charge is 0.0910 e. The lowest BCUT2D eigenvalue weighted by atomic mass is 9.91. The second kappa shape index (κ2) is 6.77. The fourth-order valence-electron chi connectivity index (χ4n) is 2.06. The predicted molar refractivity (Wildman–Crippen MR) is 75.0 cm³/mol. The van der Waals surface area contributed by atoms with E-state index >= 15 is 0 Å². The van der Waals surface area contributed by atoms with Crippen molar-refractivity contribution in [1.82, 2.24) is 0 Å². The third-order valence-corrected chi connectivity index (χ3v) is 5.14. The van der Waals surface area contributed by atoms with E-state index in [1.807, 2.05) is 0 Å². The van der Waals surface area contributed by atoms with Crippen LogP contribution in [0.4, 0.5) is 0 Å². The van der Waals surface area contributed by atoms with Gasteiger partial charge in [-0.3, -0.25) is 0 Å². The summed E-state index contributed by atoms with van der Waals surface area (Å²) in [4.78, 5) is 2.36. The van der Waals surface area contributed by atoms with Crippen LogP contribution in [0.5, 0.6) is 0 Å². The first-order valence-electron chi connectivity index (χ1n) is 6.04. The summed E-state index contributed by atoms with van der Waals surface area (Å²) in [5, 5.41) is 10.4. The summed E-state index contributed by atoms with van der Waals surface area (Å²) in [7, 11) is 0. The maximum absolute atomic E-state index is 10.4. The largest absolute Gasteiger partial charge is 0.387 e. The Kier molecular flexibility index (Phi) is 6.01. The van der Waals surface area contributed by atoms with E-state index in [0.29, 0.717) is 5.92 Å². The van der Waals surface area contributed by atoms with Crippen LogP contribution in [-0.2, 0) is 0 Å². The molecular weight excluding hydrogens is 284 g/mol. The molecule has 1 rings (SSSR count). The fourth-order valence-corrected chi connectivity index (χ4v) is 3.70. The molecule has 0 bridgehead atoms. The molecule has 0 saturated heterocycles. The van der Waals surface area contributed by atoms with Crippen molar-refractivity contribution in [1.29, 1.82) is 0 Å². The van der Waals surface area contributed by atoms with E-state index in [9.17, 15) is 5.11 Å². The van der Waals surface area contributed by atoms with Crippen LogP contribution < -0.4 is 0 Å². The number of aryl methyl sites for hydroxylation is 1. The average molecular weight is 305 g/mol. The van der Waals surface area contributed by atoms with Gasteiger partial charge in [-0.1, -0.05) is 26.7 Å². The minimum atomic E-state index is -0.283. The average Bonchev–Trinajstić information content (AvgIpc) is 2.58. The quantitative estimate of drug-likeness (QED) is 0.778. The van der Waals surface area contributed by atoms with Crippen LogP contribution >= 0.6 is 27.3 Å². The van der Waals surface area contributed by atoms with Crippen molar-refractivity contribution in [3.05, 3.63) is 20.3 Å². The van der Waals surface area contributed by atoms with Gasteiger partial charge >= 0.3 is 0 Å². The third-order valence-electron chi connectivity index (χ3n) is 2.93. The first-order valence-corrected chi connectivity index (χ1v) is 7.64. The van der Waals surface area contributed by atoms with Crippen LogP contribution in [0.3, 0.4) is 0 Å². The Labute approximate surface area is 111 Å². The molecule has 1 heterocycles. The van der Waals surface area contributed by atoms with Gasteiger partial charge in [0.25, 0.3) is 0 Å². The molecule has 16 heavy (non-hydrogen) atoms. The zero-order chi connectivity index (χ0) is 12.1. The number of aliphatic hydroxyl groups excluding tert-OH is 1. The normalized spacial score (nSPS) is 13.4. The third kappa shape index (κ3) is 3.57. The van der Waals surface area contributed by atoms with Crippen LogP contribution in [0.25, 0.3) is 0 Å². The summed E-state index contributed by atoms with van der Waals surface area (Å²) in [6.07, 6.45) is 4.24. The van der Waals surface area contributed by atoms with E-state index in [4.69, 9.17) is 0 Å². The number of halogens is 1. The molecule has 0 spiro atoms. The van der Waals surface area contributed by atoms with Gasteiger partial charge in [-0.25, -0.2) is 0 Å². The molecule has 0 aliphatic carbocycles. The maximum Gasteiger partial charge on any atom is 0.0910 e. The molecule has 0 aliphatic rings. The summed E-state index contributed by atoms with van der Waals surface area (Å²) in [5.74, 6) is 0.417.